The summed E-state index contributed by atoms with van der Waals surface area (Å²) in [6.07, 6.45) is -3.50. The van der Waals surface area contributed by atoms with Crippen molar-refractivity contribution in [1.82, 2.24) is 0 Å². The van der Waals surface area contributed by atoms with Crippen LogP contribution in [-0.2, 0) is 9.47 Å². The molecule has 0 bridgehead atoms. The number of hydrogen-bond acceptors (Lipinski definition) is 3. The van der Waals surface area contributed by atoms with E-state index in [0.29, 0.717) is 13.2 Å². The number of nitrogens with two attached hydrogens (primary N) is 1. The van der Waals surface area contributed by atoms with Crippen molar-refractivity contribution in [1.29, 1.82) is 0 Å². The molecule has 16 heavy (non-hydrogen) atoms. The molecule has 0 spiro atoms. The van der Waals surface area contributed by atoms with Crippen LogP contribution < -0.4 is 5.73 Å². The zero-order chi connectivity index (χ0) is 12.2. The first-order valence-corrected chi connectivity index (χ1v) is 5.36. The number of alkyl halides is 3. The lowest BCUT2D eigenvalue weighted by Crippen LogP contribution is -2.48. The molecule has 1 aliphatic carbocycles. The summed E-state index contributed by atoms with van der Waals surface area (Å²) in [5, 5.41) is 0. The number of methoxy groups -OCH3 is 1. The van der Waals surface area contributed by atoms with E-state index in [9.17, 15) is 13.2 Å². The fraction of sp³-hybridized carbons (Fsp3) is 1.00. The van der Waals surface area contributed by atoms with E-state index in [-0.39, 0.29) is 25.7 Å². The van der Waals surface area contributed by atoms with Gasteiger partial charge in [0, 0.05) is 7.11 Å². The van der Waals surface area contributed by atoms with Crippen LogP contribution in [0.1, 0.15) is 25.7 Å². The summed E-state index contributed by atoms with van der Waals surface area (Å²) in [5.74, 6) is -1.23. The molecule has 96 valence electrons. The Hall–Kier alpha value is -0.330. The van der Waals surface area contributed by atoms with Crippen molar-refractivity contribution in [2.45, 2.75) is 37.6 Å². The second kappa shape index (κ2) is 5.33. The van der Waals surface area contributed by atoms with Crippen LogP contribution in [0, 0.1) is 5.92 Å². The Morgan fingerprint density at radius 3 is 2.25 bits per heavy atom. The largest absolute Gasteiger partial charge is 0.391 e. The van der Waals surface area contributed by atoms with E-state index in [4.69, 9.17) is 15.2 Å². The Morgan fingerprint density at radius 1 is 1.25 bits per heavy atom. The van der Waals surface area contributed by atoms with E-state index >= 15 is 0 Å². The highest BCUT2D eigenvalue weighted by molar-refractivity contribution is 4.84. The van der Waals surface area contributed by atoms with Gasteiger partial charge < -0.3 is 15.2 Å². The highest BCUT2D eigenvalue weighted by Gasteiger charge is 2.44. The van der Waals surface area contributed by atoms with Gasteiger partial charge in [0.15, 0.2) is 0 Å². The third-order valence-electron chi connectivity index (χ3n) is 2.97. The van der Waals surface area contributed by atoms with Crippen LogP contribution in [0.5, 0.6) is 0 Å². The van der Waals surface area contributed by atoms with Crippen LogP contribution in [0.25, 0.3) is 0 Å². The monoisotopic (exact) mass is 241 g/mol. The van der Waals surface area contributed by atoms with Crippen molar-refractivity contribution in [2.24, 2.45) is 11.7 Å². The van der Waals surface area contributed by atoms with E-state index in [0.717, 1.165) is 0 Å². The molecule has 0 aromatic rings. The van der Waals surface area contributed by atoms with Crippen molar-refractivity contribution in [2.75, 3.05) is 20.3 Å². The zero-order valence-electron chi connectivity index (χ0n) is 9.35. The number of halogens is 3. The molecule has 1 aliphatic rings. The van der Waals surface area contributed by atoms with Crippen molar-refractivity contribution in [3.63, 3.8) is 0 Å². The second-order valence-corrected chi connectivity index (χ2v) is 4.22. The molecule has 0 atom stereocenters. The smallest absolute Gasteiger partial charge is 0.382 e. The van der Waals surface area contributed by atoms with Gasteiger partial charge in [0.05, 0.1) is 19.1 Å². The van der Waals surface area contributed by atoms with Crippen LogP contribution in [-0.4, -0.2) is 32.2 Å². The minimum Gasteiger partial charge on any atom is -0.382 e. The summed E-state index contributed by atoms with van der Waals surface area (Å²) in [5.41, 5.74) is 4.96. The molecule has 0 unspecified atom stereocenters. The van der Waals surface area contributed by atoms with Gasteiger partial charge in [0.1, 0.15) is 5.72 Å². The minimum atomic E-state index is -4.10. The highest BCUT2D eigenvalue weighted by atomic mass is 19.4. The van der Waals surface area contributed by atoms with Gasteiger partial charge in [-0.05, 0) is 25.7 Å². The molecule has 1 rings (SSSR count). The quantitative estimate of drug-likeness (QED) is 0.605. The van der Waals surface area contributed by atoms with Crippen molar-refractivity contribution in [3.8, 4) is 0 Å². The molecule has 0 aromatic carbocycles. The second-order valence-electron chi connectivity index (χ2n) is 4.22. The molecule has 0 heterocycles. The molecule has 0 radical (unpaired) electrons. The fourth-order valence-electron chi connectivity index (χ4n) is 1.91. The molecule has 3 nitrogen and oxygen atoms in total. The topological polar surface area (TPSA) is 44.5 Å². The van der Waals surface area contributed by atoms with E-state index in [1.165, 1.54) is 7.11 Å². The molecule has 0 aromatic heterocycles. The lowest BCUT2D eigenvalue weighted by Gasteiger charge is -2.37. The number of rotatable bonds is 4. The third-order valence-corrected chi connectivity index (χ3v) is 2.97. The summed E-state index contributed by atoms with van der Waals surface area (Å²) in [6.45, 7) is 0.728. The maximum atomic E-state index is 12.4. The normalized spacial score (nSPS) is 31.7. The van der Waals surface area contributed by atoms with Gasteiger partial charge in [-0.15, -0.1) is 0 Å². The van der Waals surface area contributed by atoms with Gasteiger partial charge in [-0.2, -0.15) is 13.2 Å². The Labute approximate surface area is 93.1 Å². The van der Waals surface area contributed by atoms with Gasteiger partial charge in [-0.3, -0.25) is 0 Å². The third kappa shape index (κ3) is 3.92. The van der Waals surface area contributed by atoms with Crippen molar-refractivity contribution < 1.29 is 22.6 Å². The summed E-state index contributed by atoms with van der Waals surface area (Å²) in [4.78, 5) is 0. The van der Waals surface area contributed by atoms with Crippen LogP contribution in [0.4, 0.5) is 13.2 Å². The zero-order valence-corrected chi connectivity index (χ0v) is 9.35. The lowest BCUT2D eigenvalue weighted by atomic mass is 9.83. The Balaban J connectivity index is 2.35. The Morgan fingerprint density at radius 2 is 1.81 bits per heavy atom. The summed E-state index contributed by atoms with van der Waals surface area (Å²) >= 11 is 0. The number of hydrogen-bond donors (Lipinski definition) is 1. The lowest BCUT2D eigenvalue weighted by molar-refractivity contribution is -0.197. The SMILES string of the molecule is COCCOC1(N)CCC(C(F)(F)F)CC1. The van der Waals surface area contributed by atoms with Gasteiger partial charge in [0.2, 0.25) is 0 Å². The average Bonchev–Trinajstić information content (AvgIpc) is 2.17. The summed E-state index contributed by atoms with van der Waals surface area (Å²) < 4.78 is 47.3. The molecule has 2 N–H and O–H groups in total. The number of ether oxygens (including phenoxy) is 2. The molecule has 1 fully saturated rings. The minimum absolute atomic E-state index is 0.0486. The molecule has 1 saturated carbocycles. The molecule has 0 saturated heterocycles. The predicted molar refractivity (Wildman–Crippen MR) is 52.8 cm³/mol. The first-order valence-electron chi connectivity index (χ1n) is 5.36. The van der Waals surface area contributed by atoms with Crippen molar-refractivity contribution >= 4 is 0 Å². The Kier molecular flexibility index (Phi) is 4.58. The highest BCUT2D eigenvalue weighted by Crippen LogP contribution is 2.40. The molecular formula is C10H18F3NO2. The first-order chi connectivity index (χ1) is 7.37. The van der Waals surface area contributed by atoms with Gasteiger partial charge in [-0.25, -0.2) is 0 Å². The Bertz CT molecular complexity index is 213. The van der Waals surface area contributed by atoms with Gasteiger partial charge >= 0.3 is 6.18 Å². The van der Waals surface area contributed by atoms with E-state index in [1.807, 2.05) is 0 Å². The molecule has 6 heteroatoms. The predicted octanol–water partition coefficient (Wildman–Crippen LogP) is 2.06. The average molecular weight is 241 g/mol. The summed E-state index contributed by atoms with van der Waals surface area (Å²) in [6, 6.07) is 0. The molecule has 0 amide bonds. The summed E-state index contributed by atoms with van der Waals surface area (Å²) in [7, 11) is 1.53. The van der Waals surface area contributed by atoms with Crippen molar-refractivity contribution in [3.05, 3.63) is 0 Å². The van der Waals surface area contributed by atoms with E-state index in [2.05, 4.69) is 0 Å². The van der Waals surface area contributed by atoms with Crippen LogP contribution in [0.2, 0.25) is 0 Å². The van der Waals surface area contributed by atoms with E-state index in [1.54, 1.807) is 0 Å². The van der Waals surface area contributed by atoms with Crippen LogP contribution in [0.15, 0.2) is 0 Å². The maximum Gasteiger partial charge on any atom is 0.391 e. The standard InChI is InChI=1S/C10H18F3NO2/c1-15-6-7-16-9(14)4-2-8(3-5-9)10(11,12)13/h8H,2-7,14H2,1H3. The molecule has 0 aliphatic heterocycles. The van der Waals surface area contributed by atoms with Crippen LogP contribution >= 0.6 is 0 Å². The van der Waals surface area contributed by atoms with Gasteiger partial charge in [0.25, 0.3) is 0 Å². The van der Waals surface area contributed by atoms with Crippen LogP contribution in [0.3, 0.4) is 0 Å². The van der Waals surface area contributed by atoms with E-state index < -0.39 is 17.8 Å². The maximum absolute atomic E-state index is 12.4. The van der Waals surface area contributed by atoms with Gasteiger partial charge in [-0.1, -0.05) is 0 Å². The fourth-order valence-corrected chi connectivity index (χ4v) is 1.91. The molecular weight excluding hydrogens is 223 g/mol. The first kappa shape index (κ1) is 13.7.